The summed E-state index contributed by atoms with van der Waals surface area (Å²) in [6.45, 7) is 7.32. The lowest BCUT2D eigenvalue weighted by Crippen LogP contribution is -2.49. The van der Waals surface area contributed by atoms with Crippen LogP contribution in [-0.4, -0.2) is 63.4 Å². The van der Waals surface area contributed by atoms with Gasteiger partial charge in [0.1, 0.15) is 0 Å². The molecule has 1 aliphatic rings. The molecule has 1 aliphatic heterocycles. The van der Waals surface area contributed by atoms with E-state index in [0.717, 1.165) is 19.5 Å². The summed E-state index contributed by atoms with van der Waals surface area (Å²) in [5, 5.41) is 14.4. The van der Waals surface area contributed by atoms with Crippen molar-refractivity contribution in [3.8, 4) is 0 Å². The smallest absolute Gasteiger partial charge is 0.261 e. The zero-order valence-corrected chi connectivity index (χ0v) is 22.0. The van der Waals surface area contributed by atoms with E-state index >= 15 is 0 Å². The highest BCUT2D eigenvalue weighted by Crippen LogP contribution is 2.25. The molecule has 3 heterocycles. The third-order valence-corrected chi connectivity index (χ3v) is 7.89. The fourth-order valence-electron chi connectivity index (χ4n) is 4.16. The number of hydrogen-bond donors (Lipinski definition) is 1. The topological polar surface area (TPSA) is 83.4 Å². The zero-order chi connectivity index (χ0) is 24.8. The van der Waals surface area contributed by atoms with Crippen molar-refractivity contribution < 1.29 is 9.59 Å². The van der Waals surface area contributed by atoms with Crippen LogP contribution < -0.4 is 10.2 Å². The van der Waals surface area contributed by atoms with Gasteiger partial charge in [-0.2, -0.15) is 0 Å². The Balaban J connectivity index is 1.34. The van der Waals surface area contributed by atoms with Crippen molar-refractivity contribution in [3.63, 3.8) is 0 Å². The molecule has 0 bridgehead atoms. The van der Waals surface area contributed by atoms with Gasteiger partial charge in [-0.25, -0.2) is 0 Å². The minimum Gasteiger partial charge on any atom is -0.368 e. The van der Waals surface area contributed by atoms with E-state index in [4.69, 9.17) is 0 Å². The second kappa shape index (κ2) is 11.7. The van der Waals surface area contributed by atoms with Gasteiger partial charge >= 0.3 is 0 Å². The summed E-state index contributed by atoms with van der Waals surface area (Å²) in [4.78, 5) is 30.4. The summed E-state index contributed by atoms with van der Waals surface area (Å²) in [7, 11) is 1.89. The molecule has 1 fully saturated rings. The lowest BCUT2D eigenvalue weighted by Gasteiger charge is -2.36. The molecule has 2 aromatic heterocycles. The molecule has 8 nitrogen and oxygen atoms in total. The first-order chi connectivity index (χ1) is 16.9. The number of piperazine rings is 1. The summed E-state index contributed by atoms with van der Waals surface area (Å²) in [6.07, 6.45) is 0.748. The summed E-state index contributed by atoms with van der Waals surface area (Å²) in [5.74, 6) is 1.39. The Kier molecular flexibility index (Phi) is 8.46. The average molecular weight is 513 g/mol. The van der Waals surface area contributed by atoms with Gasteiger partial charge in [-0.15, -0.1) is 21.5 Å². The molecule has 1 aromatic carbocycles. The van der Waals surface area contributed by atoms with Crippen molar-refractivity contribution in [2.75, 3.05) is 36.8 Å². The van der Waals surface area contributed by atoms with Crippen LogP contribution in [0.4, 0.5) is 5.69 Å². The average Bonchev–Trinajstić information content (AvgIpc) is 3.53. The maximum Gasteiger partial charge on any atom is 0.261 e. The van der Waals surface area contributed by atoms with E-state index in [-0.39, 0.29) is 17.9 Å². The summed E-state index contributed by atoms with van der Waals surface area (Å²) in [5.41, 5.74) is 1.20. The predicted molar refractivity (Wildman–Crippen MR) is 141 cm³/mol. The van der Waals surface area contributed by atoms with Gasteiger partial charge in [0.2, 0.25) is 5.91 Å². The van der Waals surface area contributed by atoms with Gasteiger partial charge in [0.05, 0.1) is 16.7 Å². The number of carbonyl (C=O) groups excluding carboxylic acids is 2. The number of anilines is 1. The lowest BCUT2D eigenvalue weighted by molar-refractivity contribution is -0.128. The van der Waals surface area contributed by atoms with Gasteiger partial charge < -0.3 is 19.7 Å². The number of para-hydroxylation sites is 1. The normalized spacial score (nSPS) is 14.9. The Morgan fingerprint density at radius 1 is 1.06 bits per heavy atom. The first-order valence-corrected chi connectivity index (χ1v) is 13.7. The Bertz CT molecular complexity index is 1110. The van der Waals surface area contributed by atoms with Crippen molar-refractivity contribution in [1.29, 1.82) is 0 Å². The fourth-order valence-corrected chi connectivity index (χ4v) is 5.61. The van der Waals surface area contributed by atoms with E-state index in [1.54, 1.807) is 0 Å². The molecule has 4 rings (SSSR count). The largest absolute Gasteiger partial charge is 0.368 e. The summed E-state index contributed by atoms with van der Waals surface area (Å²) in [6, 6.07) is 13.7. The van der Waals surface area contributed by atoms with Crippen molar-refractivity contribution in [2.24, 2.45) is 13.0 Å². The highest BCUT2D eigenvalue weighted by Gasteiger charge is 2.25. The van der Waals surface area contributed by atoms with Crippen LogP contribution in [0.3, 0.4) is 0 Å². The van der Waals surface area contributed by atoms with Gasteiger partial charge in [-0.1, -0.05) is 49.9 Å². The second-order valence-electron chi connectivity index (χ2n) is 9.02. The Hall–Kier alpha value is -2.85. The van der Waals surface area contributed by atoms with Gasteiger partial charge in [0, 0.05) is 38.9 Å². The zero-order valence-electron chi connectivity index (χ0n) is 20.4. The van der Waals surface area contributed by atoms with Gasteiger partial charge in [0.15, 0.2) is 11.0 Å². The predicted octanol–water partition coefficient (Wildman–Crippen LogP) is 3.83. The number of nitrogens with zero attached hydrogens (tertiary/aromatic N) is 5. The monoisotopic (exact) mass is 512 g/mol. The second-order valence-corrected chi connectivity index (χ2v) is 10.9. The number of nitrogens with one attached hydrogen (secondary N) is 1. The number of thioether (sulfide) groups is 1. The minimum atomic E-state index is -0.252. The van der Waals surface area contributed by atoms with E-state index < -0.39 is 0 Å². The fraction of sp³-hybridized carbons (Fsp3) is 0.440. The molecule has 35 heavy (non-hydrogen) atoms. The van der Waals surface area contributed by atoms with Crippen LogP contribution in [0.15, 0.2) is 53.0 Å². The molecule has 2 amide bonds. The Morgan fingerprint density at radius 3 is 2.46 bits per heavy atom. The molecule has 0 aliphatic carbocycles. The van der Waals surface area contributed by atoms with E-state index in [0.29, 0.717) is 40.6 Å². The Labute approximate surface area is 214 Å². The first-order valence-electron chi connectivity index (χ1n) is 11.9. The van der Waals surface area contributed by atoms with Gasteiger partial charge in [-0.3, -0.25) is 9.59 Å². The molecule has 0 saturated carbocycles. The van der Waals surface area contributed by atoms with Crippen molar-refractivity contribution in [1.82, 2.24) is 25.0 Å². The molecule has 1 atom stereocenters. The van der Waals surface area contributed by atoms with Gasteiger partial charge in [0.25, 0.3) is 5.91 Å². The number of aromatic nitrogens is 3. The maximum absolute atomic E-state index is 12.9. The van der Waals surface area contributed by atoms with Gasteiger partial charge in [-0.05, 0) is 35.9 Å². The van der Waals surface area contributed by atoms with E-state index in [2.05, 4.69) is 46.4 Å². The van der Waals surface area contributed by atoms with Crippen LogP contribution in [0.2, 0.25) is 0 Å². The number of amides is 2. The molecule has 10 heteroatoms. The molecule has 0 radical (unpaired) electrons. The van der Waals surface area contributed by atoms with Crippen LogP contribution in [0.25, 0.3) is 0 Å². The highest BCUT2D eigenvalue weighted by atomic mass is 32.2. The molecular weight excluding hydrogens is 480 g/mol. The number of hydrogen-bond acceptors (Lipinski definition) is 7. The molecule has 3 aromatic rings. The third kappa shape index (κ3) is 6.43. The van der Waals surface area contributed by atoms with E-state index in [9.17, 15) is 9.59 Å². The van der Waals surface area contributed by atoms with Crippen LogP contribution in [0, 0.1) is 5.92 Å². The standard InChI is InChI=1S/C25H32N6O2S2/c1-18(2)16-20(26-24(33)21-10-7-15-34-21)23-27-28-25(29(23)3)35-17-22(32)31-13-11-30(12-14-31)19-8-5-4-6-9-19/h4-10,15,18,20H,11-14,16-17H2,1-3H3,(H,26,33)/t20-/m1/s1. The third-order valence-electron chi connectivity index (χ3n) is 6.02. The van der Waals surface area contributed by atoms with Crippen LogP contribution in [-0.2, 0) is 11.8 Å². The molecular formula is C25H32N6O2S2. The summed E-state index contributed by atoms with van der Waals surface area (Å²) >= 11 is 2.81. The van der Waals surface area contributed by atoms with E-state index in [1.165, 1.54) is 28.8 Å². The molecule has 186 valence electrons. The number of benzene rings is 1. The minimum absolute atomic E-state index is 0.104. The molecule has 0 unspecified atom stereocenters. The molecule has 1 N–H and O–H groups in total. The van der Waals surface area contributed by atoms with Crippen LogP contribution in [0.1, 0.15) is 41.8 Å². The molecule has 0 spiro atoms. The Morgan fingerprint density at radius 2 is 1.80 bits per heavy atom. The van der Waals surface area contributed by atoms with Crippen LogP contribution >= 0.6 is 23.1 Å². The summed E-state index contributed by atoms with van der Waals surface area (Å²) < 4.78 is 1.90. The quantitative estimate of drug-likeness (QED) is 0.439. The number of thiophene rings is 1. The van der Waals surface area contributed by atoms with Crippen molar-refractivity contribution >= 4 is 40.6 Å². The van der Waals surface area contributed by atoms with Crippen molar-refractivity contribution in [2.45, 2.75) is 31.5 Å². The molecule has 1 saturated heterocycles. The number of rotatable bonds is 9. The number of carbonyl (C=O) groups is 2. The highest BCUT2D eigenvalue weighted by molar-refractivity contribution is 7.99. The maximum atomic E-state index is 12.9. The lowest BCUT2D eigenvalue weighted by atomic mass is 10.0. The first kappa shape index (κ1) is 25.2. The van der Waals surface area contributed by atoms with Crippen molar-refractivity contribution in [3.05, 3.63) is 58.5 Å². The van der Waals surface area contributed by atoms with Crippen LogP contribution in [0.5, 0.6) is 0 Å². The van der Waals surface area contributed by atoms with E-state index in [1.807, 2.05) is 52.2 Å². The SMILES string of the molecule is CC(C)C[C@@H](NC(=O)c1cccs1)c1nnc(SCC(=O)N2CCN(c3ccccc3)CC2)n1C.